The summed E-state index contributed by atoms with van der Waals surface area (Å²) >= 11 is 5.79. The number of thiocarbonyl (C=S) groups is 1. The minimum Gasteiger partial charge on any atom is -0.497 e. The lowest BCUT2D eigenvalue weighted by molar-refractivity contribution is 0.0895. The van der Waals surface area contributed by atoms with E-state index in [1.807, 2.05) is 47.4 Å². The molecule has 0 bridgehead atoms. The maximum Gasteiger partial charge on any atom is 0.253 e. The van der Waals surface area contributed by atoms with Crippen molar-refractivity contribution in [1.82, 2.24) is 15.2 Å². The summed E-state index contributed by atoms with van der Waals surface area (Å²) < 4.78 is 11.2. The Balaban J connectivity index is 1.58. The number of benzene rings is 2. The van der Waals surface area contributed by atoms with Crippen molar-refractivity contribution in [1.29, 1.82) is 0 Å². The molecular formula is C25H29N3O3S. The van der Waals surface area contributed by atoms with Gasteiger partial charge in [0.2, 0.25) is 0 Å². The zero-order valence-corrected chi connectivity index (χ0v) is 19.3. The van der Waals surface area contributed by atoms with Crippen LogP contribution in [0.4, 0.5) is 0 Å². The molecule has 0 aliphatic carbocycles. The van der Waals surface area contributed by atoms with Crippen LogP contribution in [0.5, 0.6) is 5.75 Å². The Morgan fingerprint density at radius 3 is 2.81 bits per heavy atom. The maximum absolute atomic E-state index is 12.8. The normalized spacial score (nSPS) is 16.6. The number of fused-ring (bicyclic) bond motifs is 1. The molecule has 3 aromatic rings. The summed E-state index contributed by atoms with van der Waals surface area (Å²) in [7, 11) is 1.63. The van der Waals surface area contributed by atoms with Gasteiger partial charge in [0.25, 0.3) is 5.56 Å². The average molecular weight is 452 g/mol. The van der Waals surface area contributed by atoms with Crippen LogP contribution in [0.2, 0.25) is 0 Å². The molecular weight excluding hydrogens is 422 g/mol. The number of hydrogen-bond donors (Lipinski definition) is 2. The maximum atomic E-state index is 12.8. The molecule has 1 aromatic heterocycles. The van der Waals surface area contributed by atoms with Crippen LogP contribution in [0.1, 0.15) is 36.9 Å². The second kappa shape index (κ2) is 10.1. The molecule has 1 fully saturated rings. The first-order chi connectivity index (χ1) is 15.5. The van der Waals surface area contributed by atoms with Crippen LogP contribution < -0.4 is 15.6 Å². The third kappa shape index (κ3) is 5.29. The van der Waals surface area contributed by atoms with E-state index < -0.39 is 0 Å². The number of nitrogens with one attached hydrogen (secondary N) is 2. The van der Waals surface area contributed by atoms with Gasteiger partial charge in [-0.1, -0.05) is 30.3 Å². The van der Waals surface area contributed by atoms with Crippen molar-refractivity contribution in [3.8, 4) is 5.75 Å². The monoisotopic (exact) mass is 451 g/mol. The van der Waals surface area contributed by atoms with Gasteiger partial charge in [-0.15, -0.1) is 0 Å². The minimum atomic E-state index is -0.112. The average Bonchev–Trinajstić information content (AvgIpc) is 3.32. The van der Waals surface area contributed by atoms with E-state index in [2.05, 4.69) is 29.4 Å². The molecule has 6 nitrogen and oxygen atoms in total. The fraction of sp³-hybridized carbons (Fsp3) is 0.360. The van der Waals surface area contributed by atoms with Crippen molar-refractivity contribution in [2.75, 3.05) is 20.3 Å². The number of H-pyrrole nitrogens is 1. The molecule has 0 spiro atoms. The highest BCUT2D eigenvalue weighted by Crippen LogP contribution is 2.21. The topological polar surface area (TPSA) is 66.6 Å². The van der Waals surface area contributed by atoms with Crippen molar-refractivity contribution >= 4 is 28.2 Å². The summed E-state index contributed by atoms with van der Waals surface area (Å²) in [5.41, 5.74) is 2.48. The standard InChI is InChI=1S/C25H29N3O3S/c1-17(18-7-4-3-5-8-18)26-25(32)28(16-22-9-6-12-31-22)15-20-13-19-14-21(30-2)10-11-23(19)27-24(20)29/h3-5,7-8,10-11,13-14,17,22H,6,9,12,15-16H2,1-2H3,(H,26,32)(H,27,29)/t17-,22-/m0/s1. The van der Waals surface area contributed by atoms with E-state index in [0.717, 1.165) is 41.7 Å². The Kier molecular flexibility index (Phi) is 7.07. The van der Waals surface area contributed by atoms with Gasteiger partial charge in [0.1, 0.15) is 5.75 Å². The van der Waals surface area contributed by atoms with Gasteiger partial charge in [0.05, 0.1) is 25.8 Å². The third-order valence-corrected chi connectivity index (χ3v) is 6.24. The van der Waals surface area contributed by atoms with Gasteiger partial charge in [-0.05, 0) is 61.8 Å². The van der Waals surface area contributed by atoms with Crippen LogP contribution in [-0.2, 0) is 11.3 Å². The number of aromatic amines is 1. The summed E-state index contributed by atoms with van der Waals surface area (Å²) in [4.78, 5) is 17.8. The van der Waals surface area contributed by atoms with Crippen LogP contribution in [0, 0.1) is 0 Å². The summed E-state index contributed by atoms with van der Waals surface area (Å²) in [6.07, 6.45) is 2.16. The van der Waals surface area contributed by atoms with Crippen molar-refractivity contribution in [3.63, 3.8) is 0 Å². The Bertz CT molecular complexity index is 1130. The molecule has 2 aromatic carbocycles. The third-order valence-electron chi connectivity index (χ3n) is 5.86. The van der Waals surface area contributed by atoms with Gasteiger partial charge in [-0.2, -0.15) is 0 Å². The Morgan fingerprint density at radius 2 is 2.09 bits per heavy atom. The first-order valence-corrected chi connectivity index (χ1v) is 11.4. The van der Waals surface area contributed by atoms with E-state index in [-0.39, 0.29) is 17.7 Å². The van der Waals surface area contributed by atoms with Gasteiger partial charge in [0.15, 0.2) is 5.11 Å². The highest BCUT2D eigenvalue weighted by Gasteiger charge is 2.23. The highest BCUT2D eigenvalue weighted by atomic mass is 32.1. The molecule has 32 heavy (non-hydrogen) atoms. The number of ether oxygens (including phenoxy) is 2. The lowest BCUT2D eigenvalue weighted by Crippen LogP contribution is -2.44. The lowest BCUT2D eigenvalue weighted by atomic mass is 10.1. The molecule has 7 heteroatoms. The summed E-state index contributed by atoms with van der Waals surface area (Å²) in [5, 5.41) is 4.97. The van der Waals surface area contributed by atoms with E-state index in [9.17, 15) is 4.79 Å². The quantitative estimate of drug-likeness (QED) is 0.526. The van der Waals surface area contributed by atoms with E-state index in [1.54, 1.807) is 7.11 Å². The molecule has 1 aliphatic heterocycles. The van der Waals surface area contributed by atoms with Gasteiger partial charge in [0, 0.05) is 29.6 Å². The van der Waals surface area contributed by atoms with Crippen molar-refractivity contribution in [2.24, 2.45) is 0 Å². The molecule has 2 heterocycles. The van der Waals surface area contributed by atoms with Gasteiger partial charge in [-0.25, -0.2) is 0 Å². The summed E-state index contributed by atoms with van der Waals surface area (Å²) in [6.45, 7) is 3.90. The smallest absolute Gasteiger partial charge is 0.253 e. The first-order valence-electron chi connectivity index (χ1n) is 11.0. The Labute approximate surface area is 193 Å². The fourth-order valence-corrected chi connectivity index (χ4v) is 4.35. The second-order valence-corrected chi connectivity index (χ2v) is 8.56. The van der Waals surface area contributed by atoms with E-state index in [4.69, 9.17) is 21.7 Å². The van der Waals surface area contributed by atoms with Crippen LogP contribution in [-0.4, -0.2) is 41.4 Å². The number of nitrogens with zero attached hydrogens (tertiary/aromatic N) is 1. The molecule has 2 N–H and O–H groups in total. The molecule has 0 amide bonds. The van der Waals surface area contributed by atoms with Crippen molar-refractivity contribution in [2.45, 2.75) is 38.5 Å². The number of hydrogen-bond acceptors (Lipinski definition) is 4. The van der Waals surface area contributed by atoms with Crippen LogP contribution in [0.15, 0.2) is 59.4 Å². The van der Waals surface area contributed by atoms with Crippen molar-refractivity contribution in [3.05, 3.63) is 76.1 Å². The molecule has 0 saturated carbocycles. The van der Waals surface area contributed by atoms with Gasteiger partial charge < -0.3 is 24.7 Å². The summed E-state index contributed by atoms with van der Waals surface area (Å²) in [6, 6.07) is 17.8. The molecule has 2 atom stereocenters. The zero-order valence-electron chi connectivity index (χ0n) is 18.5. The number of pyridine rings is 1. The zero-order chi connectivity index (χ0) is 22.5. The number of rotatable bonds is 7. The highest BCUT2D eigenvalue weighted by molar-refractivity contribution is 7.80. The Hall–Kier alpha value is -2.90. The lowest BCUT2D eigenvalue weighted by Gasteiger charge is -2.30. The van der Waals surface area contributed by atoms with Gasteiger partial charge in [-0.3, -0.25) is 4.79 Å². The molecule has 4 rings (SSSR count). The van der Waals surface area contributed by atoms with Crippen LogP contribution >= 0.6 is 12.2 Å². The predicted octanol–water partition coefficient (Wildman–Crippen LogP) is 4.15. The number of aromatic nitrogens is 1. The second-order valence-electron chi connectivity index (χ2n) is 8.17. The first kappa shape index (κ1) is 22.3. The Morgan fingerprint density at radius 1 is 1.28 bits per heavy atom. The van der Waals surface area contributed by atoms with Crippen molar-refractivity contribution < 1.29 is 9.47 Å². The molecule has 1 saturated heterocycles. The van der Waals surface area contributed by atoms with E-state index in [0.29, 0.717) is 23.8 Å². The number of methoxy groups -OCH3 is 1. The van der Waals surface area contributed by atoms with Crippen LogP contribution in [0.25, 0.3) is 10.9 Å². The van der Waals surface area contributed by atoms with Gasteiger partial charge >= 0.3 is 0 Å². The largest absolute Gasteiger partial charge is 0.497 e. The minimum absolute atomic E-state index is 0.0508. The van der Waals surface area contributed by atoms with Crippen LogP contribution in [0.3, 0.4) is 0 Å². The molecule has 0 radical (unpaired) electrons. The predicted molar refractivity (Wildman–Crippen MR) is 131 cm³/mol. The van der Waals surface area contributed by atoms with E-state index >= 15 is 0 Å². The SMILES string of the molecule is COc1ccc2[nH]c(=O)c(CN(C[C@@H]3CCCO3)C(=S)N[C@@H](C)c3ccccc3)cc2c1. The molecule has 0 unspecified atom stereocenters. The molecule has 168 valence electrons. The van der Waals surface area contributed by atoms with E-state index in [1.165, 1.54) is 0 Å². The summed E-state index contributed by atoms with van der Waals surface area (Å²) in [5.74, 6) is 0.751. The fourth-order valence-electron chi connectivity index (χ4n) is 4.03. The molecule has 1 aliphatic rings.